The van der Waals surface area contributed by atoms with Crippen LogP contribution in [0, 0.1) is 0 Å². The first kappa shape index (κ1) is 80.2. The molecule has 0 fully saturated rings. The van der Waals surface area contributed by atoms with Crippen molar-refractivity contribution in [3.8, 4) is 0 Å². The number of phosphoric ester groups is 1. The second kappa shape index (κ2) is 68.3. The quantitative estimate of drug-likeness (QED) is 0.0264. The third kappa shape index (κ3) is 68.2. The van der Waals surface area contributed by atoms with Crippen molar-refractivity contribution in [2.24, 2.45) is 5.73 Å². The van der Waals surface area contributed by atoms with Crippen molar-refractivity contribution >= 4 is 19.8 Å². The summed E-state index contributed by atoms with van der Waals surface area (Å²) in [5, 5.41) is 0. The summed E-state index contributed by atoms with van der Waals surface area (Å²) in [7, 11) is -4.40. The third-order valence-corrected chi connectivity index (χ3v) is 16.3. The van der Waals surface area contributed by atoms with E-state index in [2.05, 4.69) is 98.9 Å². The second-order valence-corrected chi connectivity index (χ2v) is 24.8. The van der Waals surface area contributed by atoms with E-state index in [1.54, 1.807) is 0 Å². The van der Waals surface area contributed by atoms with Crippen LogP contribution in [0.4, 0.5) is 0 Å². The molecule has 482 valence electrons. The molecule has 0 aromatic rings. The zero-order valence-corrected chi connectivity index (χ0v) is 55.1. The Morgan fingerprint density at radius 2 is 0.663 bits per heavy atom. The van der Waals surface area contributed by atoms with E-state index >= 15 is 0 Å². The fraction of sp³-hybridized carbons (Fsp3) is 0.781. The van der Waals surface area contributed by atoms with Crippen molar-refractivity contribution < 1.29 is 37.6 Å². The van der Waals surface area contributed by atoms with Crippen molar-refractivity contribution in [1.82, 2.24) is 0 Å². The molecule has 0 rings (SSSR count). The largest absolute Gasteiger partial charge is 0.472 e. The molecule has 0 saturated carbocycles. The third-order valence-electron chi connectivity index (χ3n) is 15.3. The Morgan fingerprint density at radius 1 is 0.373 bits per heavy atom. The first-order valence-corrected chi connectivity index (χ1v) is 36.6. The van der Waals surface area contributed by atoms with Gasteiger partial charge in [0.1, 0.15) is 6.61 Å². The van der Waals surface area contributed by atoms with Crippen LogP contribution in [0.2, 0.25) is 0 Å². The van der Waals surface area contributed by atoms with Crippen LogP contribution in [0.5, 0.6) is 0 Å². The Hall–Kier alpha value is -2.81. The first-order valence-electron chi connectivity index (χ1n) is 35.1. The minimum absolute atomic E-state index is 0.0504. The number of phosphoric acid groups is 1. The molecule has 0 aliphatic carbocycles. The van der Waals surface area contributed by atoms with Gasteiger partial charge in [-0.25, -0.2) is 4.57 Å². The van der Waals surface area contributed by atoms with Crippen LogP contribution in [-0.2, 0) is 32.7 Å². The van der Waals surface area contributed by atoms with Gasteiger partial charge in [-0.05, 0) is 70.6 Å². The number of ether oxygens (including phenoxy) is 2. The van der Waals surface area contributed by atoms with Gasteiger partial charge >= 0.3 is 19.8 Å². The molecule has 0 aliphatic rings. The number of hydrogen-bond acceptors (Lipinski definition) is 8. The number of unbranched alkanes of at least 4 members (excludes halogenated alkanes) is 39. The normalized spacial score (nSPS) is 13.4. The standard InChI is InChI=1S/C73H132NO8P/c1-3-5-7-9-11-13-15-17-19-21-23-25-27-29-31-33-35-37-39-41-43-45-47-49-51-53-55-57-59-61-63-65-72(75)79-69-71(70-81-83(77,78)80-68-67-74)82-73(76)66-64-62-60-58-56-54-52-50-48-46-44-42-40-38-36-34-32-30-28-26-24-22-20-18-16-14-12-10-8-6-4-2/h6,8,12,14,18,20,24,26,30,32,36,38,42,44,71H,3-5,7,9-11,13,15-17,19,21-23,25,27-29,31,33-35,37,39-41,43,45-70,74H2,1-2H3,(H,77,78)/b8-6-,14-12-,20-18-,26-24-,32-30-,38-36-,44-42-. The molecular weight excluding hydrogens is 1050 g/mol. The Bertz CT molecular complexity index is 1640. The van der Waals surface area contributed by atoms with Crippen molar-refractivity contribution in [1.29, 1.82) is 0 Å². The predicted octanol–water partition coefficient (Wildman–Crippen LogP) is 23.0. The van der Waals surface area contributed by atoms with Crippen molar-refractivity contribution in [2.45, 2.75) is 341 Å². The Labute approximate surface area is 513 Å². The number of carbonyl (C=O) groups is 2. The SMILES string of the molecule is CC/C=C\C/C=C\C/C=C\C/C=C\C/C=C\C/C=C\C/C=C\CCCCCCCCCCCC(=O)OC(COC(=O)CCCCCCCCCCCCCCCCCCCCCCCCCCCCCCCCC)COP(=O)(O)OCCN. The lowest BCUT2D eigenvalue weighted by molar-refractivity contribution is -0.161. The maximum Gasteiger partial charge on any atom is 0.472 e. The van der Waals surface area contributed by atoms with E-state index in [1.807, 2.05) is 0 Å². The second-order valence-electron chi connectivity index (χ2n) is 23.4. The molecule has 0 heterocycles. The Balaban J connectivity index is 3.89. The summed E-state index contributed by atoms with van der Waals surface area (Å²) in [6.45, 7) is 3.67. The van der Waals surface area contributed by atoms with E-state index in [4.69, 9.17) is 24.3 Å². The fourth-order valence-corrected chi connectivity index (χ4v) is 10.9. The number of allylic oxidation sites excluding steroid dienone is 14. The highest BCUT2D eigenvalue weighted by atomic mass is 31.2. The van der Waals surface area contributed by atoms with Gasteiger partial charge < -0.3 is 20.1 Å². The summed E-state index contributed by atoms with van der Waals surface area (Å²) >= 11 is 0. The van der Waals surface area contributed by atoms with E-state index in [0.29, 0.717) is 6.42 Å². The summed E-state index contributed by atoms with van der Waals surface area (Å²) < 4.78 is 33.2. The van der Waals surface area contributed by atoms with E-state index in [-0.39, 0.29) is 38.6 Å². The Kier molecular flexibility index (Phi) is 66.0. The lowest BCUT2D eigenvalue weighted by Gasteiger charge is -2.19. The molecular formula is C73H132NO8P. The van der Waals surface area contributed by atoms with Gasteiger partial charge in [0, 0.05) is 19.4 Å². The van der Waals surface area contributed by atoms with Gasteiger partial charge in [0.05, 0.1) is 13.2 Å². The molecule has 0 aliphatic heterocycles. The number of nitrogens with two attached hydrogens (primary N) is 1. The summed E-state index contributed by atoms with van der Waals surface area (Å²) in [4.78, 5) is 35.4. The van der Waals surface area contributed by atoms with Crippen LogP contribution in [0.3, 0.4) is 0 Å². The molecule has 83 heavy (non-hydrogen) atoms. The molecule has 0 amide bonds. The van der Waals surface area contributed by atoms with Gasteiger partial charge in [-0.2, -0.15) is 0 Å². The highest BCUT2D eigenvalue weighted by Crippen LogP contribution is 2.43. The average molecular weight is 1180 g/mol. The highest BCUT2D eigenvalue weighted by Gasteiger charge is 2.26. The summed E-state index contributed by atoms with van der Waals surface area (Å²) in [5.74, 6) is -0.824. The molecule has 0 spiro atoms. The van der Waals surface area contributed by atoms with Gasteiger partial charge in [0.25, 0.3) is 0 Å². The van der Waals surface area contributed by atoms with Crippen LogP contribution >= 0.6 is 7.82 Å². The van der Waals surface area contributed by atoms with Crippen molar-refractivity contribution in [2.75, 3.05) is 26.4 Å². The number of rotatable bonds is 66. The van der Waals surface area contributed by atoms with Crippen LogP contribution in [0.25, 0.3) is 0 Å². The minimum Gasteiger partial charge on any atom is -0.462 e. The van der Waals surface area contributed by atoms with Crippen LogP contribution < -0.4 is 5.73 Å². The monoisotopic (exact) mass is 1180 g/mol. The molecule has 3 N–H and O–H groups in total. The molecule has 0 aromatic heterocycles. The molecule has 0 bridgehead atoms. The number of carbonyl (C=O) groups excluding carboxylic acids is 2. The lowest BCUT2D eigenvalue weighted by atomic mass is 10.0. The first-order chi connectivity index (χ1) is 40.8. The molecule has 2 unspecified atom stereocenters. The lowest BCUT2D eigenvalue weighted by Crippen LogP contribution is -2.29. The van der Waals surface area contributed by atoms with Crippen molar-refractivity contribution in [3.63, 3.8) is 0 Å². The van der Waals surface area contributed by atoms with E-state index in [9.17, 15) is 19.0 Å². The van der Waals surface area contributed by atoms with Crippen LogP contribution in [0.1, 0.15) is 335 Å². The maximum absolute atomic E-state index is 12.8. The number of esters is 2. The predicted molar refractivity (Wildman–Crippen MR) is 358 cm³/mol. The van der Waals surface area contributed by atoms with E-state index < -0.39 is 26.5 Å². The van der Waals surface area contributed by atoms with E-state index in [0.717, 1.165) is 89.9 Å². The van der Waals surface area contributed by atoms with Crippen LogP contribution in [-0.4, -0.2) is 49.3 Å². The minimum atomic E-state index is -4.40. The highest BCUT2D eigenvalue weighted by molar-refractivity contribution is 7.47. The van der Waals surface area contributed by atoms with Crippen molar-refractivity contribution in [3.05, 3.63) is 85.1 Å². The number of hydrogen-bond donors (Lipinski definition) is 2. The smallest absolute Gasteiger partial charge is 0.462 e. The summed E-state index contributed by atoms with van der Waals surface area (Å²) in [5.41, 5.74) is 5.40. The molecule has 0 radical (unpaired) electrons. The molecule has 9 nitrogen and oxygen atoms in total. The molecule has 0 aromatic carbocycles. The van der Waals surface area contributed by atoms with Gasteiger partial charge in [0.15, 0.2) is 6.10 Å². The maximum atomic E-state index is 12.8. The van der Waals surface area contributed by atoms with Gasteiger partial charge in [-0.1, -0.05) is 336 Å². The zero-order chi connectivity index (χ0) is 60.1. The van der Waals surface area contributed by atoms with Gasteiger partial charge in [0.2, 0.25) is 0 Å². The molecule has 2 atom stereocenters. The average Bonchev–Trinajstić information content (AvgIpc) is 3.48. The molecule has 10 heteroatoms. The van der Waals surface area contributed by atoms with Crippen LogP contribution in [0.15, 0.2) is 85.1 Å². The van der Waals surface area contributed by atoms with E-state index in [1.165, 1.54) is 212 Å². The Morgan fingerprint density at radius 3 is 0.988 bits per heavy atom. The van der Waals surface area contributed by atoms with Gasteiger partial charge in [-0.15, -0.1) is 0 Å². The fourth-order valence-electron chi connectivity index (χ4n) is 10.2. The molecule has 0 saturated heterocycles. The zero-order valence-electron chi connectivity index (χ0n) is 54.2. The van der Waals surface area contributed by atoms with Gasteiger partial charge in [-0.3, -0.25) is 18.6 Å². The summed E-state index contributed by atoms with van der Waals surface area (Å²) in [6.07, 6.45) is 91.1. The topological polar surface area (TPSA) is 134 Å². The summed E-state index contributed by atoms with van der Waals surface area (Å²) in [6, 6.07) is 0.